The van der Waals surface area contributed by atoms with Crippen LogP contribution in [-0.4, -0.2) is 24.0 Å². The van der Waals surface area contributed by atoms with Crippen LogP contribution in [0.2, 0.25) is 0 Å². The molecule has 3 rings (SSSR count). The van der Waals surface area contributed by atoms with Crippen LogP contribution < -0.4 is 5.32 Å². The van der Waals surface area contributed by atoms with Crippen LogP contribution in [0.4, 0.5) is 5.69 Å². The highest BCUT2D eigenvalue weighted by Crippen LogP contribution is 2.26. The highest BCUT2D eigenvalue weighted by molar-refractivity contribution is 7.13. The van der Waals surface area contributed by atoms with E-state index < -0.39 is 5.97 Å². The molecular weight excluding hydrogens is 352 g/mol. The van der Waals surface area contributed by atoms with Crippen LogP contribution in [0.15, 0.2) is 40.1 Å². The molecular formula is C19H18N2O4S. The molecule has 0 fully saturated rings. The van der Waals surface area contributed by atoms with Crippen LogP contribution in [0.1, 0.15) is 27.4 Å². The van der Waals surface area contributed by atoms with Crippen molar-refractivity contribution in [1.82, 2.24) is 4.98 Å². The number of ether oxygens (including phenoxy) is 1. The maximum Gasteiger partial charge on any atom is 0.337 e. The first-order valence-corrected chi connectivity index (χ1v) is 8.85. The van der Waals surface area contributed by atoms with Crippen LogP contribution >= 0.6 is 11.3 Å². The minimum absolute atomic E-state index is 0.0859. The minimum atomic E-state index is -0.451. The number of rotatable bonds is 5. The van der Waals surface area contributed by atoms with Gasteiger partial charge < -0.3 is 14.5 Å². The van der Waals surface area contributed by atoms with E-state index in [1.54, 1.807) is 25.1 Å². The summed E-state index contributed by atoms with van der Waals surface area (Å²) >= 11 is 1.53. The van der Waals surface area contributed by atoms with Crippen molar-refractivity contribution < 1.29 is 18.7 Å². The first-order valence-electron chi connectivity index (χ1n) is 7.97. The highest BCUT2D eigenvalue weighted by Gasteiger charge is 2.16. The number of nitrogens with zero attached hydrogens (tertiary/aromatic N) is 1. The normalized spacial score (nSPS) is 10.6. The van der Waals surface area contributed by atoms with E-state index in [1.807, 2.05) is 24.4 Å². The molecule has 2 aromatic heterocycles. The molecule has 0 radical (unpaired) electrons. The maximum absolute atomic E-state index is 12.4. The number of amides is 1. The predicted molar refractivity (Wildman–Crippen MR) is 99.4 cm³/mol. The third-order valence-corrected chi connectivity index (χ3v) is 4.74. The van der Waals surface area contributed by atoms with Gasteiger partial charge in [0.1, 0.15) is 5.76 Å². The Labute approximate surface area is 154 Å². The third kappa shape index (κ3) is 3.83. The zero-order valence-corrected chi connectivity index (χ0v) is 15.5. The van der Waals surface area contributed by atoms with Crippen molar-refractivity contribution in [3.8, 4) is 10.8 Å². The van der Waals surface area contributed by atoms with Crippen molar-refractivity contribution in [3.05, 3.63) is 58.3 Å². The molecule has 1 amide bonds. The van der Waals surface area contributed by atoms with E-state index in [-0.39, 0.29) is 12.3 Å². The van der Waals surface area contributed by atoms with Gasteiger partial charge in [0.25, 0.3) is 0 Å². The fraction of sp³-hybridized carbons (Fsp3) is 0.211. The number of aromatic nitrogens is 1. The molecule has 0 aliphatic heterocycles. The molecule has 0 unspecified atom stereocenters. The monoisotopic (exact) mass is 370 g/mol. The Morgan fingerprint density at radius 1 is 1.27 bits per heavy atom. The van der Waals surface area contributed by atoms with E-state index in [0.29, 0.717) is 28.6 Å². The van der Waals surface area contributed by atoms with E-state index in [1.165, 1.54) is 18.4 Å². The van der Waals surface area contributed by atoms with Crippen molar-refractivity contribution in [2.75, 3.05) is 12.4 Å². The molecule has 0 spiro atoms. The molecule has 0 atom stereocenters. The predicted octanol–water partition coefficient (Wildman–Crippen LogP) is 3.99. The zero-order chi connectivity index (χ0) is 18.7. The lowest BCUT2D eigenvalue weighted by Gasteiger charge is -2.09. The second-order valence-electron chi connectivity index (χ2n) is 5.75. The SMILES string of the molecule is COC(=O)c1ccc(C)c(NC(=O)Cc2nc(-c3cccs3)oc2C)c1. The summed E-state index contributed by atoms with van der Waals surface area (Å²) < 4.78 is 10.4. The molecule has 0 aliphatic rings. The number of carbonyl (C=O) groups is 2. The summed E-state index contributed by atoms with van der Waals surface area (Å²) in [6.45, 7) is 3.64. The van der Waals surface area contributed by atoms with E-state index in [0.717, 1.165) is 10.4 Å². The number of hydrogen-bond acceptors (Lipinski definition) is 6. The van der Waals surface area contributed by atoms with Gasteiger partial charge in [-0.25, -0.2) is 9.78 Å². The Hall–Kier alpha value is -2.93. The Bertz CT molecular complexity index is 945. The number of esters is 1. The quantitative estimate of drug-likeness (QED) is 0.687. The average molecular weight is 370 g/mol. The number of aryl methyl sites for hydroxylation is 2. The van der Waals surface area contributed by atoms with Crippen molar-refractivity contribution >= 4 is 28.9 Å². The second kappa shape index (κ2) is 7.53. The van der Waals surface area contributed by atoms with Crippen LogP contribution in [0.3, 0.4) is 0 Å². The summed E-state index contributed by atoms with van der Waals surface area (Å²) in [6.07, 6.45) is 0.0859. The number of thiophene rings is 1. The lowest BCUT2D eigenvalue weighted by atomic mass is 10.1. The molecule has 1 aromatic carbocycles. The number of nitrogens with one attached hydrogen (secondary N) is 1. The number of hydrogen-bond donors (Lipinski definition) is 1. The number of oxazole rings is 1. The van der Waals surface area contributed by atoms with Gasteiger partial charge in [0.05, 0.1) is 29.7 Å². The van der Waals surface area contributed by atoms with Gasteiger partial charge in [-0.3, -0.25) is 4.79 Å². The molecule has 26 heavy (non-hydrogen) atoms. The molecule has 3 aromatic rings. The van der Waals surface area contributed by atoms with Gasteiger partial charge in [-0.15, -0.1) is 11.3 Å². The van der Waals surface area contributed by atoms with Gasteiger partial charge in [0, 0.05) is 5.69 Å². The highest BCUT2D eigenvalue weighted by atomic mass is 32.1. The van der Waals surface area contributed by atoms with E-state index in [2.05, 4.69) is 10.3 Å². The summed E-state index contributed by atoms with van der Waals surface area (Å²) in [5.41, 5.74) is 2.39. The molecule has 2 heterocycles. The number of carbonyl (C=O) groups excluding carboxylic acids is 2. The van der Waals surface area contributed by atoms with Crippen molar-refractivity contribution in [1.29, 1.82) is 0 Å². The first kappa shape index (κ1) is 17.9. The molecule has 6 nitrogen and oxygen atoms in total. The second-order valence-corrected chi connectivity index (χ2v) is 6.69. The van der Waals surface area contributed by atoms with Crippen LogP contribution in [0.25, 0.3) is 10.8 Å². The number of anilines is 1. The lowest BCUT2D eigenvalue weighted by molar-refractivity contribution is -0.115. The van der Waals surface area contributed by atoms with Gasteiger partial charge >= 0.3 is 5.97 Å². The van der Waals surface area contributed by atoms with Crippen LogP contribution in [0.5, 0.6) is 0 Å². The Balaban J connectivity index is 1.75. The van der Waals surface area contributed by atoms with Crippen LogP contribution in [-0.2, 0) is 16.0 Å². The molecule has 0 aliphatic carbocycles. The molecule has 0 saturated heterocycles. The van der Waals surface area contributed by atoms with Crippen molar-refractivity contribution in [2.24, 2.45) is 0 Å². The Kier molecular flexibility index (Phi) is 5.18. The average Bonchev–Trinajstić information content (AvgIpc) is 3.26. The fourth-order valence-electron chi connectivity index (χ4n) is 2.45. The molecule has 1 N–H and O–H groups in total. The Morgan fingerprint density at radius 2 is 2.08 bits per heavy atom. The number of methoxy groups -OCH3 is 1. The summed E-state index contributed by atoms with van der Waals surface area (Å²) in [5, 5.41) is 4.77. The van der Waals surface area contributed by atoms with E-state index in [4.69, 9.17) is 9.15 Å². The summed E-state index contributed by atoms with van der Waals surface area (Å²) in [4.78, 5) is 29.4. The molecule has 0 saturated carbocycles. The topological polar surface area (TPSA) is 81.4 Å². The third-order valence-electron chi connectivity index (χ3n) is 3.89. The first-order chi connectivity index (χ1) is 12.5. The van der Waals surface area contributed by atoms with E-state index in [9.17, 15) is 9.59 Å². The summed E-state index contributed by atoms with van der Waals surface area (Å²) in [6, 6.07) is 8.86. The van der Waals surface area contributed by atoms with Crippen molar-refractivity contribution in [3.63, 3.8) is 0 Å². The lowest BCUT2D eigenvalue weighted by Crippen LogP contribution is -2.16. The largest absolute Gasteiger partial charge is 0.465 e. The van der Waals surface area contributed by atoms with Gasteiger partial charge in [-0.1, -0.05) is 12.1 Å². The maximum atomic E-state index is 12.4. The minimum Gasteiger partial charge on any atom is -0.465 e. The van der Waals surface area contributed by atoms with Gasteiger partial charge in [-0.05, 0) is 43.0 Å². The van der Waals surface area contributed by atoms with Crippen LogP contribution in [0, 0.1) is 13.8 Å². The van der Waals surface area contributed by atoms with Gasteiger partial charge in [-0.2, -0.15) is 0 Å². The van der Waals surface area contributed by atoms with Gasteiger partial charge in [0.15, 0.2) is 0 Å². The molecule has 0 bridgehead atoms. The van der Waals surface area contributed by atoms with E-state index >= 15 is 0 Å². The molecule has 7 heteroatoms. The molecule has 134 valence electrons. The van der Waals surface area contributed by atoms with Gasteiger partial charge in [0.2, 0.25) is 11.8 Å². The van der Waals surface area contributed by atoms with Crippen molar-refractivity contribution in [2.45, 2.75) is 20.3 Å². The summed E-state index contributed by atoms with van der Waals surface area (Å²) in [5.74, 6) is 0.449. The zero-order valence-electron chi connectivity index (χ0n) is 14.7. The number of benzene rings is 1. The fourth-order valence-corrected chi connectivity index (χ4v) is 3.09. The summed E-state index contributed by atoms with van der Waals surface area (Å²) in [7, 11) is 1.32. The Morgan fingerprint density at radius 3 is 2.77 bits per heavy atom. The standard InChI is InChI=1S/C19H18N2O4S/c1-11-6-7-13(19(23)24-3)9-14(11)20-17(22)10-15-12(2)25-18(21-15)16-5-4-8-26-16/h4-9H,10H2,1-3H3,(H,20,22). The smallest absolute Gasteiger partial charge is 0.337 e.